The molecule has 0 aliphatic heterocycles. The van der Waals surface area contributed by atoms with Crippen molar-refractivity contribution < 1.29 is 38.7 Å². The third-order valence-corrected chi connectivity index (χ3v) is 8.65. The minimum Gasteiger partial charge on any atom is -0.481 e. The zero-order valence-corrected chi connectivity index (χ0v) is 30.1. The fourth-order valence-electron chi connectivity index (χ4n) is 4.70. The number of nitriles is 2. The van der Waals surface area contributed by atoms with E-state index in [9.17, 15) is 25.2 Å². The lowest BCUT2D eigenvalue weighted by Gasteiger charge is -2.25. The molecule has 1 heterocycles. The highest BCUT2D eigenvalue weighted by Crippen LogP contribution is 2.36. The zero-order valence-electron chi connectivity index (χ0n) is 29.3. The summed E-state index contributed by atoms with van der Waals surface area (Å²) in [5, 5.41) is 46.2. The van der Waals surface area contributed by atoms with Gasteiger partial charge in [0, 0.05) is 18.8 Å². The van der Waals surface area contributed by atoms with Gasteiger partial charge in [0.25, 0.3) is 0 Å². The van der Waals surface area contributed by atoms with Gasteiger partial charge in [-0.2, -0.15) is 10.5 Å². The molecule has 2 aromatic rings. The maximum absolute atomic E-state index is 12.1. The molecule has 0 fully saturated rings. The Morgan fingerprint density at radius 1 is 0.960 bits per heavy atom. The predicted molar refractivity (Wildman–Crippen MR) is 190 cm³/mol. The van der Waals surface area contributed by atoms with Crippen LogP contribution in [-0.4, -0.2) is 88.1 Å². The lowest BCUT2D eigenvalue weighted by Crippen LogP contribution is -2.31. The second kappa shape index (κ2) is 24.9. The summed E-state index contributed by atoms with van der Waals surface area (Å²) in [4.78, 5) is 26.2. The van der Waals surface area contributed by atoms with Crippen molar-refractivity contribution in [1.82, 2.24) is 0 Å². The summed E-state index contributed by atoms with van der Waals surface area (Å²) in [6, 6.07) is 9.91. The zero-order chi connectivity index (χ0) is 36.6. The average molecular weight is 712 g/mol. The van der Waals surface area contributed by atoms with Crippen molar-refractivity contribution in [3.05, 3.63) is 51.9 Å². The molecule has 0 amide bonds. The fraction of sp³-hybridized carbons (Fsp3) is 0.556. The van der Waals surface area contributed by atoms with E-state index in [1.165, 1.54) is 0 Å². The number of rotatable bonds is 26. The molecule has 14 heteroatoms. The van der Waals surface area contributed by atoms with Crippen molar-refractivity contribution in [3.63, 3.8) is 0 Å². The average Bonchev–Trinajstić information content (AvgIpc) is 3.42. The molecule has 0 aliphatic carbocycles. The minimum absolute atomic E-state index is 0.0297. The van der Waals surface area contributed by atoms with Crippen molar-refractivity contribution in [1.29, 1.82) is 10.5 Å². The van der Waals surface area contributed by atoms with Gasteiger partial charge in [-0.25, -0.2) is 0 Å². The van der Waals surface area contributed by atoms with E-state index in [-0.39, 0.29) is 32.8 Å². The number of allylic oxidation sites excluding steroid dienone is 2. The van der Waals surface area contributed by atoms with Crippen molar-refractivity contribution in [3.8, 4) is 12.1 Å². The lowest BCUT2D eigenvalue weighted by molar-refractivity contribution is -0.152. The molecular weight excluding hydrogens is 662 g/mol. The van der Waals surface area contributed by atoms with Crippen LogP contribution < -0.4 is 4.90 Å². The second-order valence-electron chi connectivity index (χ2n) is 11.3. The molecule has 1 aromatic heterocycles. The van der Waals surface area contributed by atoms with Gasteiger partial charge >= 0.3 is 11.9 Å². The van der Waals surface area contributed by atoms with Crippen molar-refractivity contribution >= 4 is 39.7 Å². The van der Waals surface area contributed by atoms with Crippen LogP contribution in [0.25, 0.3) is 0 Å². The standard InChI is InChI=1S/C36H49N5O8S/c1-4-5-6-7-8-9-10-29(36(44)45)24-34(43)49-22-21-48-20-19-47-17-14-41(13-16-46-18-15-42)30-11-12-32(27(2)23-30)39-40-35-31(25-37)28(3)33(26-38)50-35/h8-9,11-12,23,29,42H,4-7,10,13-22,24H2,1-3H3,(H,44,45)/b9-8+,40-39?. The first-order chi connectivity index (χ1) is 24.2. The van der Waals surface area contributed by atoms with Crippen LogP contribution in [-0.2, 0) is 28.5 Å². The van der Waals surface area contributed by atoms with Gasteiger partial charge in [0.2, 0.25) is 0 Å². The predicted octanol–water partition coefficient (Wildman–Crippen LogP) is 6.53. The van der Waals surface area contributed by atoms with E-state index < -0.39 is 17.9 Å². The first kappa shape index (κ1) is 42.0. The molecule has 0 bridgehead atoms. The highest BCUT2D eigenvalue weighted by molar-refractivity contribution is 7.16. The van der Waals surface area contributed by atoms with E-state index in [2.05, 4.69) is 34.2 Å². The molecule has 0 saturated heterocycles. The molecule has 13 nitrogen and oxygen atoms in total. The number of aliphatic hydroxyl groups excluding tert-OH is 1. The number of carboxylic acid groups (broad SMARTS) is 1. The Morgan fingerprint density at radius 2 is 1.66 bits per heavy atom. The Bertz CT molecular complexity index is 1480. The topological polar surface area (TPSA) is 187 Å². The Balaban J connectivity index is 1.78. The molecule has 1 unspecified atom stereocenters. The molecule has 50 heavy (non-hydrogen) atoms. The molecule has 272 valence electrons. The summed E-state index contributed by atoms with van der Waals surface area (Å²) < 4.78 is 21.9. The number of aliphatic hydroxyl groups is 1. The maximum atomic E-state index is 12.1. The third-order valence-electron chi connectivity index (χ3n) is 7.57. The fourth-order valence-corrected chi connectivity index (χ4v) is 5.58. The number of esters is 1. The van der Waals surface area contributed by atoms with Gasteiger partial charge in [0.05, 0.1) is 69.8 Å². The van der Waals surface area contributed by atoms with E-state index in [0.717, 1.165) is 48.3 Å². The van der Waals surface area contributed by atoms with Gasteiger partial charge in [-0.15, -0.1) is 21.6 Å². The SMILES string of the molecule is CCCCC/C=C/CC(CC(=O)OCCOCCOCCN(CCOCCO)c1ccc(N=Nc2sc(C#N)c(C)c2C#N)c(C)c1)C(=O)O. The Labute approximate surface area is 298 Å². The van der Waals surface area contributed by atoms with Gasteiger partial charge in [-0.3, -0.25) is 9.59 Å². The number of ether oxygens (including phenoxy) is 4. The van der Waals surface area contributed by atoms with Gasteiger partial charge < -0.3 is 34.1 Å². The monoisotopic (exact) mass is 711 g/mol. The number of carbonyl (C=O) groups excluding carboxylic acids is 1. The van der Waals surface area contributed by atoms with Gasteiger partial charge in [-0.05, 0) is 62.4 Å². The number of hydrogen-bond donors (Lipinski definition) is 2. The molecule has 0 aliphatic rings. The maximum Gasteiger partial charge on any atom is 0.307 e. The van der Waals surface area contributed by atoms with Crippen molar-refractivity contribution in [2.24, 2.45) is 16.1 Å². The quantitative estimate of drug-likeness (QED) is 0.0467. The second-order valence-corrected chi connectivity index (χ2v) is 12.3. The smallest absolute Gasteiger partial charge is 0.307 e. The molecular formula is C36H49N5O8S. The Hall–Kier alpha value is -4.18. The van der Waals surface area contributed by atoms with Crippen LogP contribution in [0.15, 0.2) is 40.6 Å². The Kier molecular flexibility index (Phi) is 20.9. The van der Waals surface area contributed by atoms with Crippen LogP contribution in [0, 0.1) is 42.4 Å². The number of aliphatic carboxylic acids is 1. The summed E-state index contributed by atoms with van der Waals surface area (Å²) in [6.07, 6.45) is 8.14. The van der Waals surface area contributed by atoms with E-state index in [1.54, 1.807) is 6.92 Å². The van der Waals surface area contributed by atoms with Gasteiger partial charge in [-0.1, -0.05) is 31.9 Å². The van der Waals surface area contributed by atoms with Crippen LogP contribution in [0.5, 0.6) is 0 Å². The van der Waals surface area contributed by atoms with Crippen LogP contribution in [0.3, 0.4) is 0 Å². The number of azo groups is 1. The van der Waals surface area contributed by atoms with Gasteiger partial charge in [0.1, 0.15) is 23.6 Å². The molecule has 1 aromatic carbocycles. The summed E-state index contributed by atoms with van der Waals surface area (Å²) in [5.41, 5.74) is 3.37. The van der Waals surface area contributed by atoms with Crippen LogP contribution in [0.2, 0.25) is 0 Å². The van der Waals surface area contributed by atoms with E-state index in [1.807, 2.05) is 37.3 Å². The van der Waals surface area contributed by atoms with Gasteiger partial charge in [0.15, 0.2) is 5.00 Å². The highest BCUT2D eigenvalue weighted by Gasteiger charge is 2.21. The van der Waals surface area contributed by atoms with E-state index >= 15 is 0 Å². The summed E-state index contributed by atoms with van der Waals surface area (Å²) >= 11 is 1.14. The van der Waals surface area contributed by atoms with Crippen LogP contribution in [0.1, 0.15) is 67.0 Å². The first-order valence-corrected chi connectivity index (χ1v) is 17.7. The summed E-state index contributed by atoms with van der Waals surface area (Å²) in [7, 11) is 0. The molecule has 2 rings (SSSR count). The molecule has 0 radical (unpaired) electrons. The molecule has 0 saturated carbocycles. The largest absolute Gasteiger partial charge is 0.481 e. The van der Waals surface area contributed by atoms with E-state index in [0.29, 0.717) is 72.6 Å². The van der Waals surface area contributed by atoms with E-state index in [4.69, 9.17) is 24.1 Å². The lowest BCUT2D eigenvalue weighted by atomic mass is 10.0. The summed E-state index contributed by atoms with van der Waals surface area (Å²) in [6.45, 7) is 8.68. The third kappa shape index (κ3) is 15.6. The summed E-state index contributed by atoms with van der Waals surface area (Å²) in [5.74, 6) is -2.40. The molecule has 1 atom stereocenters. The molecule has 2 N–H and O–H groups in total. The van der Waals surface area contributed by atoms with Crippen LogP contribution >= 0.6 is 11.3 Å². The number of unbranched alkanes of at least 4 members (excludes halogenated alkanes) is 3. The van der Waals surface area contributed by atoms with Crippen LogP contribution in [0.4, 0.5) is 16.4 Å². The number of nitrogens with zero attached hydrogens (tertiary/aromatic N) is 5. The number of hydrogen-bond acceptors (Lipinski definition) is 13. The first-order valence-electron chi connectivity index (χ1n) is 16.8. The van der Waals surface area contributed by atoms with Crippen molar-refractivity contribution in [2.75, 3.05) is 70.8 Å². The number of thiophene rings is 1. The number of carbonyl (C=O) groups is 2. The minimum atomic E-state index is -1.02. The highest BCUT2D eigenvalue weighted by atomic mass is 32.1. The number of aryl methyl sites for hydroxylation is 1. The number of benzene rings is 1. The van der Waals surface area contributed by atoms with Crippen molar-refractivity contribution in [2.45, 2.75) is 59.3 Å². The number of anilines is 1. The number of carboxylic acids is 1. The molecule has 0 spiro atoms. The Morgan fingerprint density at radius 3 is 2.30 bits per heavy atom. The normalized spacial score (nSPS) is 11.9.